The molecular formula is C20H28N2O2S. The van der Waals surface area contributed by atoms with Crippen LogP contribution in [0.3, 0.4) is 0 Å². The molecule has 2 atom stereocenters. The van der Waals surface area contributed by atoms with Crippen molar-refractivity contribution in [3.8, 4) is 0 Å². The highest BCUT2D eigenvalue weighted by molar-refractivity contribution is 8.00. The van der Waals surface area contributed by atoms with Crippen molar-refractivity contribution in [2.75, 3.05) is 23.4 Å². The minimum atomic E-state index is -0.0455. The molecule has 0 radical (unpaired) electrons. The van der Waals surface area contributed by atoms with Crippen molar-refractivity contribution in [2.45, 2.75) is 51.5 Å². The number of amides is 2. The molecule has 2 amide bonds. The number of piperidine rings is 1. The lowest BCUT2D eigenvalue weighted by atomic mass is 9.78. The molecule has 1 aromatic rings. The first-order chi connectivity index (χ1) is 12.1. The number of anilines is 1. The topological polar surface area (TPSA) is 49.4 Å². The summed E-state index contributed by atoms with van der Waals surface area (Å²) in [5, 5.41) is 2.88. The van der Waals surface area contributed by atoms with Gasteiger partial charge in [-0.05, 0) is 50.7 Å². The number of carbonyl (C=O) groups excluding carboxylic acids is 2. The lowest BCUT2D eigenvalue weighted by Crippen LogP contribution is -2.50. The maximum Gasteiger partial charge on any atom is 0.234 e. The van der Waals surface area contributed by atoms with Gasteiger partial charge in [0, 0.05) is 18.3 Å². The number of nitrogens with one attached hydrogen (secondary N) is 1. The lowest BCUT2D eigenvalue weighted by Gasteiger charge is -2.44. The number of carbonyl (C=O) groups is 2. The van der Waals surface area contributed by atoms with Gasteiger partial charge in [0.25, 0.3) is 0 Å². The zero-order chi connectivity index (χ0) is 17.6. The number of hydrogen-bond donors (Lipinski definition) is 1. The highest BCUT2D eigenvalue weighted by atomic mass is 32.2. The minimum Gasteiger partial charge on any atom is -0.339 e. The van der Waals surface area contributed by atoms with Crippen LogP contribution in [0.15, 0.2) is 24.3 Å². The van der Waals surface area contributed by atoms with Crippen molar-refractivity contribution in [1.29, 1.82) is 0 Å². The molecule has 1 aliphatic carbocycles. The highest BCUT2D eigenvalue weighted by Crippen LogP contribution is 2.35. The molecule has 4 nitrogen and oxygen atoms in total. The summed E-state index contributed by atoms with van der Waals surface area (Å²) in [6, 6.07) is 8.21. The van der Waals surface area contributed by atoms with E-state index in [0.717, 1.165) is 25.1 Å². The van der Waals surface area contributed by atoms with Crippen LogP contribution < -0.4 is 5.32 Å². The number of aryl methyl sites for hydroxylation is 1. The van der Waals surface area contributed by atoms with Gasteiger partial charge in [0.2, 0.25) is 11.8 Å². The Kier molecular flexibility index (Phi) is 6.40. The van der Waals surface area contributed by atoms with Crippen LogP contribution in [0.4, 0.5) is 5.69 Å². The average Bonchev–Trinajstić information content (AvgIpc) is 2.63. The number of nitrogens with zero attached hydrogens (tertiary/aromatic N) is 1. The molecule has 3 rings (SSSR count). The van der Waals surface area contributed by atoms with Crippen LogP contribution in [0.25, 0.3) is 0 Å². The van der Waals surface area contributed by atoms with E-state index in [-0.39, 0.29) is 11.8 Å². The predicted octanol–water partition coefficient (Wildman–Crippen LogP) is 3.85. The molecule has 2 unspecified atom stereocenters. The molecule has 2 fully saturated rings. The fourth-order valence-corrected chi connectivity index (χ4v) is 4.78. The molecular weight excluding hydrogens is 332 g/mol. The molecule has 0 spiro atoms. The second kappa shape index (κ2) is 8.75. The van der Waals surface area contributed by atoms with Crippen molar-refractivity contribution in [3.05, 3.63) is 29.8 Å². The molecule has 1 aromatic carbocycles. The van der Waals surface area contributed by atoms with E-state index in [9.17, 15) is 9.59 Å². The summed E-state index contributed by atoms with van der Waals surface area (Å²) in [6.45, 7) is 2.92. The summed E-state index contributed by atoms with van der Waals surface area (Å²) in [5.41, 5.74) is 1.98. The SMILES string of the molecule is Cc1ccc(NC(=O)CSCC(=O)N2CCCC3CCCCC32)cc1. The molecule has 1 saturated carbocycles. The highest BCUT2D eigenvalue weighted by Gasteiger charge is 2.35. The third kappa shape index (κ3) is 5.00. The summed E-state index contributed by atoms with van der Waals surface area (Å²) in [7, 11) is 0. The third-order valence-corrected chi connectivity index (χ3v) is 6.27. The van der Waals surface area contributed by atoms with Crippen LogP contribution in [0, 0.1) is 12.8 Å². The molecule has 1 aliphatic heterocycles. The van der Waals surface area contributed by atoms with Gasteiger partial charge in [-0.2, -0.15) is 0 Å². The summed E-state index contributed by atoms with van der Waals surface area (Å²) >= 11 is 1.42. The Labute approximate surface area is 154 Å². The second-order valence-electron chi connectivity index (χ2n) is 7.25. The minimum absolute atomic E-state index is 0.0455. The summed E-state index contributed by atoms with van der Waals surface area (Å²) in [4.78, 5) is 26.7. The largest absolute Gasteiger partial charge is 0.339 e. The van der Waals surface area contributed by atoms with E-state index in [4.69, 9.17) is 0 Å². The molecule has 1 heterocycles. The lowest BCUT2D eigenvalue weighted by molar-refractivity contribution is -0.134. The smallest absolute Gasteiger partial charge is 0.234 e. The quantitative estimate of drug-likeness (QED) is 0.868. The maximum atomic E-state index is 12.6. The van der Waals surface area contributed by atoms with Crippen LogP contribution in [-0.2, 0) is 9.59 Å². The van der Waals surface area contributed by atoms with Gasteiger partial charge in [-0.15, -0.1) is 11.8 Å². The van der Waals surface area contributed by atoms with Gasteiger partial charge >= 0.3 is 0 Å². The van der Waals surface area contributed by atoms with Crippen LogP contribution >= 0.6 is 11.8 Å². The molecule has 0 bridgehead atoms. The van der Waals surface area contributed by atoms with Gasteiger partial charge in [0.05, 0.1) is 11.5 Å². The second-order valence-corrected chi connectivity index (χ2v) is 8.23. The first-order valence-corrected chi connectivity index (χ1v) is 10.5. The van der Waals surface area contributed by atoms with Gasteiger partial charge < -0.3 is 10.2 Å². The maximum absolute atomic E-state index is 12.6. The van der Waals surface area contributed by atoms with Gasteiger partial charge in [0.15, 0.2) is 0 Å². The van der Waals surface area contributed by atoms with Gasteiger partial charge in [-0.1, -0.05) is 30.5 Å². The standard InChI is InChI=1S/C20H28N2O2S/c1-15-8-10-17(11-9-15)21-19(23)13-25-14-20(24)22-12-4-6-16-5-2-3-7-18(16)22/h8-11,16,18H,2-7,12-14H2,1H3,(H,21,23). The summed E-state index contributed by atoms with van der Waals surface area (Å²) in [5.74, 6) is 1.60. The Balaban J connectivity index is 1.42. The molecule has 2 aliphatic rings. The molecule has 1 N–H and O–H groups in total. The summed E-state index contributed by atoms with van der Waals surface area (Å²) < 4.78 is 0. The third-order valence-electron chi connectivity index (χ3n) is 5.36. The number of thioether (sulfide) groups is 1. The zero-order valence-electron chi connectivity index (χ0n) is 15.0. The summed E-state index contributed by atoms with van der Waals surface area (Å²) in [6.07, 6.45) is 7.41. The fraction of sp³-hybridized carbons (Fsp3) is 0.600. The first-order valence-electron chi connectivity index (χ1n) is 9.37. The Bertz CT molecular complexity index is 600. The van der Waals surface area contributed by atoms with Crippen LogP contribution in [0.2, 0.25) is 0 Å². The number of hydrogen-bond acceptors (Lipinski definition) is 3. The van der Waals surface area contributed by atoms with Crippen LogP contribution in [0.5, 0.6) is 0 Å². The molecule has 25 heavy (non-hydrogen) atoms. The van der Waals surface area contributed by atoms with Gasteiger partial charge in [-0.3, -0.25) is 9.59 Å². The monoisotopic (exact) mass is 360 g/mol. The van der Waals surface area contributed by atoms with Crippen molar-refractivity contribution in [2.24, 2.45) is 5.92 Å². The van der Waals surface area contributed by atoms with Crippen molar-refractivity contribution >= 4 is 29.3 Å². The number of rotatable bonds is 5. The number of benzene rings is 1. The Morgan fingerprint density at radius 1 is 1.08 bits per heavy atom. The Hall–Kier alpha value is -1.49. The van der Waals surface area contributed by atoms with E-state index < -0.39 is 0 Å². The van der Waals surface area contributed by atoms with E-state index in [1.54, 1.807) is 0 Å². The fourth-order valence-electron chi connectivity index (χ4n) is 4.08. The van der Waals surface area contributed by atoms with Gasteiger partial charge in [-0.25, -0.2) is 0 Å². The first kappa shape index (κ1) is 18.3. The molecule has 136 valence electrons. The molecule has 1 saturated heterocycles. The van der Waals surface area contributed by atoms with E-state index >= 15 is 0 Å². The molecule has 0 aromatic heterocycles. The Morgan fingerprint density at radius 2 is 1.80 bits per heavy atom. The van der Waals surface area contributed by atoms with Crippen molar-refractivity contribution in [3.63, 3.8) is 0 Å². The number of likely N-dealkylation sites (tertiary alicyclic amines) is 1. The van der Waals surface area contributed by atoms with E-state index in [1.165, 1.54) is 43.0 Å². The van der Waals surface area contributed by atoms with Crippen LogP contribution in [0.1, 0.15) is 44.1 Å². The van der Waals surface area contributed by atoms with E-state index in [1.807, 2.05) is 31.2 Å². The predicted molar refractivity (Wildman–Crippen MR) is 104 cm³/mol. The van der Waals surface area contributed by atoms with E-state index in [2.05, 4.69) is 10.2 Å². The molecule has 5 heteroatoms. The van der Waals surface area contributed by atoms with E-state index in [0.29, 0.717) is 23.5 Å². The van der Waals surface area contributed by atoms with Gasteiger partial charge in [0.1, 0.15) is 0 Å². The Morgan fingerprint density at radius 3 is 2.60 bits per heavy atom. The zero-order valence-corrected chi connectivity index (χ0v) is 15.8. The van der Waals surface area contributed by atoms with Crippen LogP contribution in [-0.4, -0.2) is 40.8 Å². The number of fused-ring (bicyclic) bond motifs is 1. The normalized spacial score (nSPS) is 23.0. The van der Waals surface area contributed by atoms with Crippen molar-refractivity contribution < 1.29 is 9.59 Å². The van der Waals surface area contributed by atoms with Crippen molar-refractivity contribution in [1.82, 2.24) is 4.90 Å². The average molecular weight is 361 g/mol.